The first-order chi connectivity index (χ1) is 10.3. The average Bonchev–Trinajstić information content (AvgIpc) is 2.56. The Kier molecular flexibility index (Phi) is 4.67. The summed E-state index contributed by atoms with van der Waals surface area (Å²) >= 11 is 6.14. The van der Waals surface area contributed by atoms with Crippen LogP contribution in [0.1, 0.15) is 31.2 Å². The summed E-state index contributed by atoms with van der Waals surface area (Å²) in [6.07, 6.45) is 5.24. The maximum atomic E-state index is 8.95. The number of nitrogens with one attached hydrogen (secondary N) is 1. The molecule has 2 aliphatic heterocycles. The topological polar surface area (TPSA) is 39.1 Å². The van der Waals surface area contributed by atoms with Crippen molar-refractivity contribution in [1.29, 1.82) is 5.26 Å². The van der Waals surface area contributed by atoms with E-state index in [0.717, 1.165) is 30.6 Å². The molecule has 3 nitrogen and oxygen atoms in total. The minimum Gasteiger partial charge on any atom is -0.371 e. The highest BCUT2D eigenvalue weighted by molar-refractivity contribution is 6.32. The summed E-state index contributed by atoms with van der Waals surface area (Å²) in [5.74, 6) is 1.80. The van der Waals surface area contributed by atoms with E-state index in [1.165, 1.54) is 38.8 Å². The molecule has 0 unspecified atom stereocenters. The first-order valence-electron chi connectivity index (χ1n) is 7.93. The molecule has 0 bridgehead atoms. The summed E-state index contributed by atoms with van der Waals surface area (Å²) in [5.41, 5.74) is 1.72. The molecule has 4 heteroatoms. The van der Waals surface area contributed by atoms with E-state index in [9.17, 15) is 0 Å². The third kappa shape index (κ3) is 3.33. The van der Waals surface area contributed by atoms with Gasteiger partial charge in [-0.25, -0.2) is 0 Å². The number of benzene rings is 1. The van der Waals surface area contributed by atoms with Crippen molar-refractivity contribution < 1.29 is 0 Å². The molecule has 0 aromatic heterocycles. The van der Waals surface area contributed by atoms with Crippen LogP contribution in [0.15, 0.2) is 18.2 Å². The molecule has 2 aliphatic rings. The SMILES string of the molecule is N#Cc1ccc(N2CCC(C3CCNCC3)CC2)cc1Cl. The second-order valence-electron chi connectivity index (χ2n) is 6.19. The lowest BCUT2D eigenvalue weighted by atomic mass is 9.79. The van der Waals surface area contributed by atoms with Crippen molar-refractivity contribution in [2.24, 2.45) is 11.8 Å². The van der Waals surface area contributed by atoms with Crippen molar-refractivity contribution >= 4 is 17.3 Å². The lowest BCUT2D eigenvalue weighted by Crippen LogP contribution is -2.39. The second-order valence-corrected chi connectivity index (χ2v) is 6.60. The number of rotatable bonds is 2. The van der Waals surface area contributed by atoms with Gasteiger partial charge in [-0.1, -0.05) is 11.6 Å². The molecule has 0 saturated carbocycles. The molecule has 112 valence electrons. The summed E-state index contributed by atoms with van der Waals surface area (Å²) < 4.78 is 0. The monoisotopic (exact) mass is 303 g/mol. The van der Waals surface area contributed by atoms with Crippen LogP contribution in [0.3, 0.4) is 0 Å². The highest BCUT2D eigenvalue weighted by Gasteiger charge is 2.27. The zero-order valence-corrected chi connectivity index (χ0v) is 13.1. The Labute approximate surface area is 131 Å². The summed E-state index contributed by atoms with van der Waals surface area (Å²) in [6.45, 7) is 4.60. The lowest BCUT2D eigenvalue weighted by molar-refractivity contribution is 0.222. The van der Waals surface area contributed by atoms with Gasteiger partial charge in [-0.15, -0.1) is 0 Å². The van der Waals surface area contributed by atoms with E-state index < -0.39 is 0 Å². The molecule has 21 heavy (non-hydrogen) atoms. The van der Waals surface area contributed by atoms with Crippen LogP contribution in [0.5, 0.6) is 0 Å². The van der Waals surface area contributed by atoms with E-state index in [4.69, 9.17) is 16.9 Å². The van der Waals surface area contributed by atoms with Crippen LogP contribution in [0, 0.1) is 23.2 Å². The molecule has 2 fully saturated rings. The van der Waals surface area contributed by atoms with Crippen LogP contribution in [-0.2, 0) is 0 Å². The minimum atomic E-state index is 0.560. The van der Waals surface area contributed by atoms with Gasteiger partial charge in [0, 0.05) is 18.8 Å². The van der Waals surface area contributed by atoms with Crippen LogP contribution >= 0.6 is 11.6 Å². The van der Waals surface area contributed by atoms with E-state index in [1.54, 1.807) is 0 Å². The van der Waals surface area contributed by atoms with Crippen molar-refractivity contribution in [3.8, 4) is 6.07 Å². The molecular formula is C17H22ClN3. The second kappa shape index (κ2) is 6.68. The van der Waals surface area contributed by atoms with Gasteiger partial charge in [-0.05, 0) is 68.8 Å². The molecule has 0 spiro atoms. The van der Waals surface area contributed by atoms with Gasteiger partial charge in [0.05, 0.1) is 10.6 Å². The zero-order valence-electron chi connectivity index (χ0n) is 12.3. The van der Waals surface area contributed by atoms with E-state index >= 15 is 0 Å². The molecular weight excluding hydrogens is 282 g/mol. The summed E-state index contributed by atoms with van der Waals surface area (Å²) in [4.78, 5) is 2.41. The van der Waals surface area contributed by atoms with Gasteiger partial charge in [0.25, 0.3) is 0 Å². The fourth-order valence-electron chi connectivity index (χ4n) is 3.74. The maximum absolute atomic E-state index is 8.95. The molecule has 3 rings (SSSR count). The van der Waals surface area contributed by atoms with Gasteiger partial charge in [-0.3, -0.25) is 0 Å². The van der Waals surface area contributed by atoms with Crippen LogP contribution < -0.4 is 10.2 Å². The van der Waals surface area contributed by atoms with E-state index in [1.807, 2.05) is 18.2 Å². The molecule has 0 aliphatic carbocycles. The third-order valence-electron chi connectivity index (χ3n) is 5.03. The molecule has 2 heterocycles. The quantitative estimate of drug-likeness (QED) is 0.910. The van der Waals surface area contributed by atoms with Crippen molar-refractivity contribution in [2.75, 3.05) is 31.1 Å². The molecule has 1 N–H and O–H groups in total. The summed E-state index contributed by atoms with van der Waals surface area (Å²) in [7, 11) is 0. The third-order valence-corrected chi connectivity index (χ3v) is 5.34. The highest BCUT2D eigenvalue weighted by Crippen LogP contribution is 2.33. The summed E-state index contributed by atoms with van der Waals surface area (Å²) in [5, 5.41) is 13.0. The molecule has 1 aromatic carbocycles. The number of anilines is 1. The average molecular weight is 304 g/mol. The number of nitrogens with zero attached hydrogens (tertiary/aromatic N) is 2. The fraction of sp³-hybridized carbons (Fsp3) is 0.588. The van der Waals surface area contributed by atoms with Crippen molar-refractivity contribution in [3.63, 3.8) is 0 Å². The predicted molar refractivity (Wildman–Crippen MR) is 86.7 cm³/mol. The fourth-order valence-corrected chi connectivity index (χ4v) is 3.95. The van der Waals surface area contributed by atoms with E-state index in [2.05, 4.69) is 16.3 Å². The molecule has 2 saturated heterocycles. The minimum absolute atomic E-state index is 0.560. The van der Waals surface area contributed by atoms with Gasteiger partial charge >= 0.3 is 0 Å². The Morgan fingerprint density at radius 2 is 1.76 bits per heavy atom. The number of piperidine rings is 2. The number of hydrogen-bond donors (Lipinski definition) is 1. The van der Waals surface area contributed by atoms with Gasteiger partial charge in [0.2, 0.25) is 0 Å². The van der Waals surface area contributed by atoms with Crippen LogP contribution in [0.2, 0.25) is 5.02 Å². The van der Waals surface area contributed by atoms with Crippen LogP contribution in [0.25, 0.3) is 0 Å². The lowest BCUT2D eigenvalue weighted by Gasteiger charge is -2.38. The van der Waals surface area contributed by atoms with Gasteiger partial charge in [0.1, 0.15) is 6.07 Å². The Morgan fingerprint density at radius 3 is 2.38 bits per heavy atom. The highest BCUT2D eigenvalue weighted by atomic mass is 35.5. The molecule has 0 atom stereocenters. The molecule has 0 radical (unpaired) electrons. The standard InChI is InChI=1S/C17H22ClN3/c18-17-11-16(2-1-15(17)12-19)21-9-5-14(6-10-21)13-3-7-20-8-4-13/h1-2,11,13-14,20H,3-10H2. The normalized spacial score (nSPS) is 21.2. The van der Waals surface area contributed by atoms with E-state index in [-0.39, 0.29) is 0 Å². The molecule has 1 aromatic rings. The smallest absolute Gasteiger partial charge is 0.101 e. The Balaban J connectivity index is 1.60. The van der Waals surface area contributed by atoms with Crippen molar-refractivity contribution in [3.05, 3.63) is 28.8 Å². The summed E-state index contributed by atoms with van der Waals surface area (Å²) in [6, 6.07) is 7.91. The number of halogens is 1. The Bertz CT molecular complexity index is 523. The first-order valence-corrected chi connectivity index (χ1v) is 8.31. The van der Waals surface area contributed by atoms with Crippen molar-refractivity contribution in [1.82, 2.24) is 5.32 Å². The maximum Gasteiger partial charge on any atom is 0.101 e. The van der Waals surface area contributed by atoms with E-state index in [0.29, 0.717) is 10.6 Å². The number of nitriles is 1. The van der Waals surface area contributed by atoms with Gasteiger partial charge in [-0.2, -0.15) is 5.26 Å². The molecule has 0 amide bonds. The Morgan fingerprint density at radius 1 is 1.10 bits per heavy atom. The van der Waals surface area contributed by atoms with Crippen LogP contribution in [0.4, 0.5) is 5.69 Å². The largest absolute Gasteiger partial charge is 0.371 e. The number of hydrogen-bond acceptors (Lipinski definition) is 3. The van der Waals surface area contributed by atoms with Crippen molar-refractivity contribution in [2.45, 2.75) is 25.7 Å². The van der Waals surface area contributed by atoms with Gasteiger partial charge in [0.15, 0.2) is 0 Å². The van der Waals surface area contributed by atoms with Crippen LogP contribution in [-0.4, -0.2) is 26.2 Å². The van der Waals surface area contributed by atoms with Gasteiger partial charge < -0.3 is 10.2 Å². The predicted octanol–water partition coefficient (Wildman–Crippen LogP) is 3.43. The zero-order chi connectivity index (χ0) is 14.7. The first kappa shape index (κ1) is 14.7. The Hall–Kier alpha value is -1.24.